The van der Waals surface area contributed by atoms with Gasteiger partial charge in [-0.05, 0) is 0 Å². The van der Waals surface area contributed by atoms with Gasteiger partial charge in [0.15, 0.2) is 0 Å². The van der Waals surface area contributed by atoms with E-state index in [-0.39, 0.29) is 0 Å². The normalized spacial score (nSPS) is 24.2. The first kappa shape index (κ1) is 23.9. The van der Waals surface area contributed by atoms with Gasteiger partial charge in [0, 0.05) is 0 Å². The quantitative estimate of drug-likeness (QED) is 0.287. The van der Waals surface area contributed by atoms with Crippen molar-refractivity contribution in [1.82, 2.24) is 0 Å². The molecule has 0 spiro atoms. The fraction of sp³-hybridized carbons (Fsp3) is 0.304. The number of methoxy groups -OCH3 is 1. The van der Waals surface area contributed by atoms with Crippen LogP contribution < -0.4 is 10.9 Å². The number of anilines is 1. The third-order valence-corrected chi connectivity index (χ3v) is 5.52. The van der Waals surface area contributed by atoms with E-state index < -0.39 is 48.8 Å². The minimum atomic E-state index is -0.988. The van der Waals surface area contributed by atoms with Gasteiger partial charge in [0.05, 0.1) is 0 Å². The van der Waals surface area contributed by atoms with Gasteiger partial charge in [-0.15, -0.1) is 0 Å². The summed E-state index contributed by atoms with van der Waals surface area (Å²) in [6, 6.07) is 16.1. The Morgan fingerprint density at radius 1 is 1.15 bits per heavy atom. The van der Waals surface area contributed by atoms with E-state index in [0.717, 1.165) is 5.39 Å². The minimum absolute atomic E-state index is 0.347. The second kappa shape index (κ2) is 10.8. The van der Waals surface area contributed by atoms with Crippen molar-refractivity contribution in [2.45, 2.75) is 30.6 Å². The number of ether oxygens (including phenoxy) is 3. The number of carbonyl (C=O) groups excluding carboxylic acids is 1. The molecule has 11 heteroatoms. The molecule has 9 nitrogen and oxygen atoms in total. The number of benzene rings is 2. The van der Waals surface area contributed by atoms with Crippen LogP contribution in [0, 0.1) is 0 Å². The first-order valence-corrected chi connectivity index (χ1v) is 10.7. The van der Waals surface area contributed by atoms with Crippen LogP contribution >= 0.6 is 0 Å². The molecule has 4 rings (SSSR count). The third kappa shape index (κ3) is 5.11. The van der Waals surface area contributed by atoms with Gasteiger partial charge >= 0.3 is 197 Å². The summed E-state index contributed by atoms with van der Waals surface area (Å²) in [6.45, 7) is -0.433. The Bertz CT molecular complexity index is 1200. The molecule has 3 aromatic rings. The van der Waals surface area contributed by atoms with Crippen LogP contribution in [-0.2, 0) is 18.9 Å². The van der Waals surface area contributed by atoms with E-state index in [1.165, 1.54) is 20.2 Å². The summed E-state index contributed by atoms with van der Waals surface area (Å²) in [5.41, 5.74) is 0.863. The monoisotopic (exact) mass is 463 g/mol. The number of hydrogen-bond donors (Lipinski definition) is 2. The SMILES string of the molecule is B=BOC1C(Nc2ccc3ccc(=O)oc3c2)C(OC)OC(CO)C1OC(=O)c1ccccc1. The van der Waals surface area contributed by atoms with Crippen molar-refractivity contribution in [2.24, 2.45) is 0 Å². The number of rotatable bonds is 8. The number of esters is 1. The molecule has 174 valence electrons. The van der Waals surface area contributed by atoms with Crippen LogP contribution in [-0.4, -0.2) is 69.8 Å². The van der Waals surface area contributed by atoms with Crippen molar-refractivity contribution < 1.29 is 33.2 Å². The maximum atomic E-state index is 12.8. The average molecular weight is 463 g/mol. The molecule has 0 saturated carbocycles. The molecule has 5 atom stereocenters. The van der Waals surface area contributed by atoms with Crippen molar-refractivity contribution >= 4 is 37.0 Å². The molecule has 1 aliphatic rings. The van der Waals surface area contributed by atoms with E-state index >= 15 is 0 Å². The van der Waals surface area contributed by atoms with E-state index in [1.54, 1.807) is 54.6 Å². The number of hydrogen-bond acceptors (Lipinski definition) is 9. The maximum absolute atomic E-state index is 12.8. The first-order chi connectivity index (χ1) is 16.5. The van der Waals surface area contributed by atoms with Gasteiger partial charge < -0.3 is 0 Å². The van der Waals surface area contributed by atoms with Crippen molar-refractivity contribution in [1.29, 1.82) is 0 Å². The molecule has 5 unspecified atom stereocenters. The molecule has 2 N–H and O–H groups in total. The average Bonchev–Trinajstić information content (AvgIpc) is 2.86. The summed E-state index contributed by atoms with van der Waals surface area (Å²) < 4.78 is 28.2. The van der Waals surface area contributed by atoms with Gasteiger partial charge in [-0.3, -0.25) is 0 Å². The number of aliphatic hydroxyl groups excluding tert-OH is 1. The summed E-state index contributed by atoms with van der Waals surface area (Å²) in [7, 11) is 6.32. The Balaban J connectivity index is 1.65. The Morgan fingerprint density at radius 2 is 1.91 bits per heavy atom. The molecule has 2 aromatic carbocycles. The van der Waals surface area contributed by atoms with E-state index in [4.69, 9.17) is 23.3 Å². The molecule has 0 radical (unpaired) electrons. The van der Waals surface area contributed by atoms with Crippen LogP contribution in [0.1, 0.15) is 10.4 Å². The molecular weight excluding hydrogens is 440 g/mol. The Morgan fingerprint density at radius 3 is 2.62 bits per heavy atom. The Kier molecular flexibility index (Phi) is 7.56. The van der Waals surface area contributed by atoms with E-state index in [0.29, 0.717) is 16.8 Å². The van der Waals surface area contributed by atoms with Crippen LogP contribution in [0.5, 0.6) is 0 Å². The van der Waals surface area contributed by atoms with Crippen molar-refractivity contribution in [2.75, 3.05) is 19.0 Å². The zero-order chi connectivity index (χ0) is 24.1. The van der Waals surface area contributed by atoms with Gasteiger partial charge in [0.2, 0.25) is 0 Å². The van der Waals surface area contributed by atoms with Crippen LogP contribution in [0.2, 0.25) is 0 Å². The predicted octanol–water partition coefficient (Wildman–Crippen LogP) is 0.983. The predicted molar refractivity (Wildman–Crippen MR) is 126 cm³/mol. The van der Waals surface area contributed by atoms with E-state index in [2.05, 4.69) is 12.7 Å². The number of fused-ring (bicyclic) bond motifs is 1. The molecule has 0 bridgehead atoms. The molecule has 1 aromatic heterocycles. The Hall–Kier alpha value is -3.27. The van der Waals surface area contributed by atoms with Crippen molar-refractivity contribution in [3.05, 3.63) is 76.6 Å². The van der Waals surface area contributed by atoms with Gasteiger partial charge in [-0.25, -0.2) is 0 Å². The molecule has 1 fully saturated rings. The molecule has 1 saturated heterocycles. The van der Waals surface area contributed by atoms with Crippen LogP contribution in [0.15, 0.2) is 69.9 Å². The van der Waals surface area contributed by atoms with Gasteiger partial charge in [-0.2, -0.15) is 0 Å². The zero-order valence-corrected chi connectivity index (χ0v) is 18.5. The Labute approximate surface area is 196 Å². The van der Waals surface area contributed by atoms with Crippen molar-refractivity contribution in [3.63, 3.8) is 0 Å². The summed E-state index contributed by atoms with van der Waals surface area (Å²) >= 11 is 0. The second-order valence-corrected chi connectivity index (χ2v) is 7.64. The molecular formula is C23H23B2NO8. The molecule has 2 heterocycles. The standard InChI is InChI=1S/C23H23B2NO8/c1-30-23-19(26-15-9-7-13-8-10-18(28)31-16(13)11-15)21(34-25-24)20(17(12-27)32-23)33-22(29)14-5-3-2-4-6-14/h2-11,17,19-21,23-24,26-27H,12H2,1H3. The van der Waals surface area contributed by atoms with Crippen LogP contribution in [0.3, 0.4) is 0 Å². The number of carbonyl (C=O) groups is 1. The van der Waals surface area contributed by atoms with Crippen LogP contribution in [0.25, 0.3) is 11.0 Å². The fourth-order valence-electron chi connectivity index (χ4n) is 3.93. The first-order valence-electron chi connectivity index (χ1n) is 10.7. The molecule has 1 aliphatic heterocycles. The third-order valence-electron chi connectivity index (χ3n) is 5.52. The summed E-state index contributed by atoms with van der Waals surface area (Å²) in [6.07, 6.45) is -3.60. The van der Waals surface area contributed by atoms with Crippen LogP contribution in [0.4, 0.5) is 5.69 Å². The second-order valence-electron chi connectivity index (χ2n) is 7.64. The number of nitrogens with one attached hydrogen (secondary N) is 1. The van der Waals surface area contributed by atoms with E-state index in [9.17, 15) is 14.7 Å². The van der Waals surface area contributed by atoms with Gasteiger partial charge in [0.1, 0.15) is 0 Å². The van der Waals surface area contributed by atoms with Gasteiger partial charge in [-0.1, -0.05) is 0 Å². The molecule has 0 aliphatic carbocycles. The molecule has 0 amide bonds. The van der Waals surface area contributed by atoms with E-state index in [1.807, 2.05) is 0 Å². The molecule has 34 heavy (non-hydrogen) atoms. The zero-order valence-electron chi connectivity index (χ0n) is 18.5. The summed E-state index contributed by atoms with van der Waals surface area (Å²) in [4.78, 5) is 24.4. The topological polar surface area (TPSA) is 116 Å². The fourth-order valence-corrected chi connectivity index (χ4v) is 3.93. The van der Waals surface area contributed by atoms with Gasteiger partial charge in [0.25, 0.3) is 0 Å². The number of aliphatic hydroxyl groups is 1. The summed E-state index contributed by atoms with van der Waals surface area (Å²) in [5.74, 6) is -0.590. The summed E-state index contributed by atoms with van der Waals surface area (Å²) in [5, 5.41) is 14.0. The van der Waals surface area contributed by atoms with Crippen molar-refractivity contribution in [3.8, 4) is 0 Å².